The molecule has 2 atom stereocenters. The Morgan fingerprint density at radius 2 is 2.24 bits per heavy atom. The number of nitrogens with one attached hydrogen (secondary N) is 2. The zero-order valence-corrected chi connectivity index (χ0v) is 14.0. The van der Waals surface area contributed by atoms with Gasteiger partial charge in [0.1, 0.15) is 18.7 Å². The minimum Gasteiger partial charge on any atom is -0.323 e. The Kier molecular flexibility index (Phi) is 3.96. The fourth-order valence-corrected chi connectivity index (χ4v) is 3.46. The molecule has 1 aromatic heterocycles. The molecule has 0 saturated carbocycles. The third-order valence-electron chi connectivity index (χ3n) is 4.70. The summed E-state index contributed by atoms with van der Waals surface area (Å²) in [6.45, 7) is 2.58. The van der Waals surface area contributed by atoms with Gasteiger partial charge in [0.05, 0.1) is 24.0 Å². The van der Waals surface area contributed by atoms with Gasteiger partial charge in [-0.05, 0) is 25.5 Å². The zero-order valence-electron chi connectivity index (χ0n) is 14.0. The van der Waals surface area contributed by atoms with Crippen molar-refractivity contribution in [2.75, 3.05) is 16.8 Å². The summed E-state index contributed by atoms with van der Waals surface area (Å²) in [6, 6.07) is 7.12. The number of aromatic nitrogens is 3. The minimum absolute atomic E-state index is 0.0414. The largest absolute Gasteiger partial charge is 0.323 e. The molecule has 2 amide bonds. The molecule has 0 bridgehead atoms. The lowest BCUT2D eigenvalue weighted by atomic mass is 10.1. The van der Waals surface area contributed by atoms with Gasteiger partial charge in [0, 0.05) is 12.5 Å². The number of amides is 2. The van der Waals surface area contributed by atoms with Gasteiger partial charge < -0.3 is 10.6 Å². The second-order valence-corrected chi connectivity index (χ2v) is 6.47. The molecule has 4 rings (SSSR count). The zero-order chi connectivity index (χ0) is 17.4. The Bertz CT molecular complexity index is 817. The predicted molar refractivity (Wildman–Crippen MR) is 92.2 cm³/mol. The van der Waals surface area contributed by atoms with Crippen LogP contribution in [-0.4, -0.2) is 45.2 Å². The van der Waals surface area contributed by atoms with Gasteiger partial charge in [-0.2, -0.15) is 5.10 Å². The fraction of sp³-hybridized carbons (Fsp3) is 0.412. The van der Waals surface area contributed by atoms with Crippen LogP contribution in [0, 0.1) is 0 Å². The second kappa shape index (κ2) is 6.29. The average molecular weight is 340 g/mol. The molecule has 0 spiro atoms. The molecule has 0 radical (unpaired) electrons. The molecular formula is C17H20N6O2. The van der Waals surface area contributed by atoms with Crippen LogP contribution in [0.4, 0.5) is 11.4 Å². The standard InChI is InChI=1S/C17H20N6O2/c1-11(20-12-6-7-15-18-10-19-23(15)8-12)17(25)22-9-16(24)21-13-4-2-3-5-14(13)22/h2-5,10-12,20H,6-9H2,1H3,(H,21,24)/t11-,12+/m0/s1. The number of carbonyl (C=O) groups is 2. The van der Waals surface area contributed by atoms with Gasteiger partial charge in [-0.15, -0.1) is 0 Å². The number of hydrogen-bond donors (Lipinski definition) is 2. The highest BCUT2D eigenvalue weighted by Gasteiger charge is 2.31. The van der Waals surface area contributed by atoms with Crippen molar-refractivity contribution in [1.82, 2.24) is 20.1 Å². The number of fused-ring (bicyclic) bond motifs is 2. The van der Waals surface area contributed by atoms with E-state index in [0.29, 0.717) is 12.2 Å². The van der Waals surface area contributed by atoms with Crippen molar-refractivity contribution in [2.24, 2.45) is 0 Å². The lowest BCUT2D eigenvalue weighted by Gasteiger charge is -2.33. The highest BCUT2D eigenvalue weighted by atomic mass is 16.2. The van der Waals surface area contributed by atoms with Crippen LogP contribution < -0.4 is 15.5 Å². The Labute approximate surface area is 145 Å². The highest BCUT2D eigenvalue weighted by Crippen LogP contribution is 2.29. The first-order valence-electron chi connectivity index (χ1n) is 8.45. The number of nitrogens with zero attached hydrogens (tertiary/aromatic N) is 4. The summed E-state index contributed by atoms with van der Waals surface area (Å²) >= 11 is 0. The van der Waals surface area contributed by atoms with Crippen molar-refractivity contribution >= 4 is 23.2 Å². The maximum Gasteiger partial charge on any atom is 0.244 e. The number of rotatable bonds is 3. The van der Waals surface area contributed by atoms with E-state index in [1.54, 1.807) is 17.3 Å². The van der Waals surface area contributed by atoms with Crippen molar-refractivity contribution in [3.05, 3.63) is 36.4 Å². The Hall–Kier alpha value is -2.74. The van der Waals surface area contributed by atoms with E-state index < -0.39 is 6.04 Å². The van der Waals surface area contributed by atoms with Crippen LogP contribution in [0.3, 0.4) is 0 Å². The first kappa shape index (κ1) is 15.8. The topological polar surface area (TPSA) is 92.2 Å². The van der Waals surface area contributed by atoms with Crippen LogP contribution >= 0.6 is 0 Å². The van der Waals surface area contributed by atoms with Gasteiger partial charge in [0.2, 0.25) is 11.8 Å². The van der Waals surface area contributed by atoms with E-state index in [0.717, 1.165) is 24.4 Å². The number of carbonyl (C=O) groups excluding carboxylic acids is 2. The predicted octanol–water partition coefficient (Wildman–Crippen LogP) is 0.556. The van der Waals surface area contributed by atoms with Crippen molar-refractivity contribution in [2.45, 2.75) is 38.4 Å². The number of benzene rings is 1. The molecular weight excluding hydrogens is 320 g/mol. The fourth-order valence-electron chi connectivity index (χ4n) is 3.46. The summed E-state index contributed by atoms with van der Waals surface area (Å²) in [6.07, 6.45) is 3.32. The van der Waals surface area contributed by atoms with E-state index in [1.807, 2.05) is 29.8 Å². The van der Waals surface area contributed by atoms with Crippen LogP contribution in [0.5, 0.6) is 0 Å². The van der Waals surface area contributed by atoms with Crippen molar-refractivity contribution < 1.29 is 9.59 Å². The van der Waals surface area contributed by atoms with Crippen molar-refractivity contribution in [1.29, 1.82) is 0 Å². The van der Waals surface area contributed by atoms with E-state index in [4.69, 9.17) is 0 Å². The first-order chi connectivity index (χ1) is 12.1. The molecule has 2 aliphatic rings. The molecule has 25 heavy (non-hydrogen) atoms. The Morgan fingerprint density at radius 3 is 3.12 bits per heavy atom. The van der Waals surface area contributed by atoms with Gasteiger partial charge >= 0.3 is 0 Å². The number of para-hydroxylation sites is 2. The first-order valence-corrected chi connectivity index (χ1v) is 8.45. The van der Waals surface area contributed by atoms with Crippen LogP contribution in [-0.2, 0) is 22.6 Å². The lowest BCUT2D eigenvalue weighted by Crippen LogP contribution is -2.53. The maximum atomic E-state index is 12.9. The van der Waals surface area contributed by atoms with Gasteiger partial charge in [-0.25, -0.2) is 9.67 Å². The molecule has 0 aliphatic carbocycles. The number of aryl methyl sites for hydroxylation is 1. The SMILES string of the molecule is C[C@H](N[C@@H]1CCc2ncnn2C1)C(=O)N1CC(=O)Nc2ccccc21. The van der Waals surface area contributed by atoms with Gasteiger partial charge in [0.25, 0.3) is 0 Å². The van der Waals surface area contributed by atoms with Gasteiger partial charge in [0.15, 0.2) is 0 Å². The lowest BCUT2D eigenvalue weighted by molar-refractivity contribution is -0.123. The molecule has 0 saturated heterocycles. The molecule has 3 heterocycles. The van der Waals surface area contributed by atoms with E-state index in [9.17, 15) is 9.59 Å². The molecule has 130 valence electrons. The van der Waals surface area contributed by atoms with Crippen LogP contribution in [0.1, 0.15) is 19.2 Å². The molecule has 1 aromatic carbocycles. The molecule has 2 aliphatic heterocycles. The van der Waals surface area contributed by atoms with Crippen molar-refractivity contribution in [3.8, 4) is 0 Å². The van der Waals surface area contributed by atoms with Gasteiger partial charge in [-0.3, -0.25) is 14.5 Å². The number of anilines is 2. The molecule has 8 nitrogen and oxygen atoms in total. The molecule has 0 unspecified atom stereocenters. The Morgan fingerprint density at radius 1 is 1.40 bits per heavy atom. The van der Waals surface area contributed by atoms with Crippen LogP contribution in [0.25, 0.3) is 0 Å². The summed E-state index contributed by atoms with van der Waals surface area (Å²) in [4.78, 5) is 30.6. The van der Waals surface area contributed by atoms with Crippen molar-refractivity contribution in [3.63, 3.8) is 0 Å². The number of hydrogen-bond acceptors (Lipinski definition) is 5. The normalized spacial score (nSPS) is 20.4. The molecule has 0 fully saturated rings. The van der Waals surface area contributed by atoms with E-state index in [1.165, 1.54) is 0 Å². The van der Waals surface area contributed by atoms with Crippen LogP contribution in [0.15, 0.2) is 30.6 Å². The quantitative estimate of drug-likeness (QED) is 0.852. The summed E-state index contributed by atoms with van der Waals surface area (Å²) in [5.41, 5.74) is 1.41. The summed E-state index contributed by atoms with van der Waals surface area (Å²) < 4.78 is 1.88. The average Bonchev–Trinajstić information content (AvgIpc) is 3.08. The van der Waals surface area contributed by atoms with Crippen LogP contribution in [0.2, 0.25) is 0 Å². The van der Waals surface area contributed by atoms with E-state index in [2.05, 4.69) is 20.7 Å². The highest BCUT2D eigenvalue weighted by molar-refractivity contribution is 6.11. The molecule has 2 aromatic rings. The molecule has 8 heteroatoms. The summed E-state index contributed by atoms with van der Waals surface area (Å²) in [5.74, 6) is 0.703. The van der Waals surface area contributed by atoms with E-state index in [-0.39, 0.29) is 24.4 Å². The summed E-state index contributed by atoms with van der Waals surface area (Å²) in [7, 11) is 0. The minimum atomic E-state index is -0.394. The second-order valence-electron chi connectivity index (χ2n) is 6.47. The third kappa shape index (κ3) is 3.00. The summed E-state index contributed by atoms with van der Waals surface area (Å²) in [5, 5.41) is 10.4. The monoisotopic (exact) mass is 340 g/mol. The van der Waals surface area contributed by atoms with Gasteiger partial charge in [-0.1, -0.05) is 12.1 Å². The molecule has 2 N–H and O–H groups in total. The van der Waals surface area contributed by atoms with E-state index >= 15 is 0 Å². The maximum absolute atomic E-state index is 12.9. The Balaban J connectivity index is 1.47. The third-order valence-corrected chi connectivity index (χ3v) is 4.70. The smallest absolute Gasteiger partial charge is 0.244 e.